The van der Waals surface area contributed by atoms with E-state index in [4.69, 9.17) is 23.5 Å². The van der Waals surface area contributed by atoms with E-state index in [1.807, 2.05) is 30.3 Å². The Hall–Kier alpha value is -3.81. The maximum absolute atomic E-state index is 12.0. The lowest BCUT2D eigenvalue weighted by molar-refractivity contribution is -0.139. The number of nitrogens with zero attached hydrogens (tertiary/aromatic N) is 2. The van der Waals surface area contributed by atoms with Gasteiger partial charge in [0, 0.05) is 23.3 Å². The molecular formula is C21H20N2O6. The van der Waals surface area contributed by atoms with Crippen LogP contribution < -0.4 is 14.2 Å². The summed E-state index contributed by atoms with van der Waals surface area (Å²) in [5.74, 6) is 1.63. The zero-order valence-electron chi connectivity index (χ0n) is 16.2. The van der Waals surface area contributed by atoms with Crippen LogP contribution in [0.3, 0.4) is 0 Å². The van der Waals surface area contributed by atoms with Crippen molar-refractivity contribution in [2.75, 3.05) is 21.3 Å². The number of esters is 1. The molecular weight excluding hydrogens is 376 g/mol. The summed E-state index contributed by atoms with van der Waals surface area (Å²) in [4.78, 5) is 16.3. The predicted octanol–water partition coefficient (Wildman–Crippen LogP) is 3.52. The molecule has 0 radical (unpaired) electrons. The van der Waals surface area contributed by atoms with Crippen LogP contribution >= 0.6 is 0 Å². The topological polar surface area (TPSA) is 92.9 Å². The first-order chi connectivity index (χ1) is 14.1. The number of rotatable bonds is 8. The molecule has 0 spiro atoms. The molecule has 0 saturated carbocycles. The standard InChI is InChI=1S/C21H20N2O6/c1-25-16-12-18(27-3)17(26-2)11-15(16)9-10-20(24)28-13-19-22-21(23-29-19)14-7-5-4-6-8-14/h4-12H,13H2,1-3H3/b10-9+. The van der Waals surface area contributed by atoms with E-state index in [1.54, 1.807) is 18.2 Å². The third-order valence-corrected chi connectivity index (χ3v) is 3.97. The van der Waals surface area contributed by atoms with E-state index in [0.717, 1.165) is 5.56 Å². The second kappa shape index (κ2) is 9.41. The van der Waals surface area contributed by atoms with Gasteiger partial charge in [-0.05, 0) is 12.1 Å². The molecule has 1 aromatic heterocycles. The van der Waals surface area contributed by atoms with Crippen LogP contribution in [-0.4, -0.2) is 37.4 Å². The van der Waals surface area contributed by atoms with Crippen molar-refractivity contribution in [2.24, 2.45) is 0 Å². The minimum Gasteiger partial charge on any atom is -0.496 e. The summed E-state index contributed by atoms with van der Waals surface area (Å²) in [7, 11) is 4.59. The van der Waals surface area contributed by atoms with Crippen LogP contribution in [0.5, 0.6) is 17.2 Å². The van der Waals surface area contributed by atoms with Crippen molar-refractivity contribution in [3.63, 3.8) is 0 Å². The molecule has 0 fully saturated rings. The van der Waals surface area contributed by atoms with Gasteiger partial charge in [-0.2, -0.15) is 4.98 Å². The van der Waals surface area contributed by atoms with Gasteiger partial charge in [-0.25, -0.2) is 4.79 Å². The van der Waals surface area contributed by atoms with E-state index < -0.39 is 5.97 Å². The fourth-order valence-electron chi connectivity index (χ4n) is 2.54. The van der Waals surface area contributed by atoms with Crippen molar-refractivity contribution in [1.82, 2.24) is 10.1 Å². The van der Waals surface area contributed by atoms with Gasteiger partial charge in [0.05, 0.1) is 21.3 Å². The maximum atomic E-state index is 12.0. The lowest BCUT2D eigenvalue weighted by atomic mass is 10.1. The minimum absolute atomic E-state index is 0.133. The fourth-order valence-corrected chi connectivity index (χ4v) is 2.54. The molecule has 1 heterocycles. The molecule has 29 heavy (non-hydrogen) atoms. The molecule has 150 valence electrons. The fraction of sp³-hybridized carbons (Fsp3) is 0.190. The summed E-state index contributed by atoms with van der Waals surface area (Å²) < 4.78 is 26.1. The lowest BCUT2D eigenvalue weighted by Gasteiger charge is -2.12. The molecule has 0 aliphatic rings. The minimum atomic E-state index is -0.568. The normalized spacial score (nSPS) is 10.7. The second-order valence-corrected chi connectivity index (χ2v) is 5.77. The van der Waals surface area contributed by atoms with E-state index in [0.29, 0.717) is 28.6 Å². The Kier molecular flexibility index (Phi) is 6.47. The van der Waals surface area contributed by atoms with Crippen molar-refractivity contribution in [3.8, 4) is 28.6 Å². The first-order valence-corrected chi connectivity index (χ1v) is 8.67. The highest BCUT2D eigenvalue weighted by Crippen LogP contribution is 2.35. The van der Waals surface area contributed by atoms with Crippen LogP contribution in [0, 0.1) is 0 Å². The number of carbonyl (C=O) groups excluding carboxylic acids is 1. The van der Waals surface area contributed by atoms with Crippen molar-refractivity contribution >= 4 is 12.0 Å². The van der Waals surface area contributed by atoms with Gasteiger partial charge in [0.15, 0.2) is 18.1 Å². The summed E-state index contributed by atoms with van der Waals surface area (Å²) in [5.41, 5.74) is 1.44. The van der Waals surface area contributed by atoms with Crippen LogP contribution in [0.15, 0.2) is 53.1 Å². The SMILES string of the molecule is COc1cc(OC)c(OC)cc1/C=C/C(=O)OCc1nc(-c2ccccc2)no1. The van der Waals surface area contributed by atoms with Crippen LogP contribution in [0.1, 0.15) is 11.5 Å². The highest BCUT2D eigenvalue weighted by molar-refractivity contribution is 5.87. The summed E-state index contributed by atoms with van der Waals surface area (Å²) >= 11 is 0. The van der Waals surface area contributed by atoms with Crippen LogP contribution in [0.2, 0.25) is 0 Å². The van der Waals surface area contributed by atoms with E-state index >= 15 is 0 Å². The molecule has 0 N–H and O–H groups in total. The molecule has 0 aliphatic heterocycles. The Labute approximate surface area is 167 Å². The molecule has 8 heteroatoms. The quantitative estimate of drug-likeness (QED) is 0.422. The Morgan fingerprint density at radius 2 is 1.69 bits per heavy atom. The van der Waals surface area contributed by atoms with Crippen molar-refractivity contribution in [2.45, 2.75) is 6.61 Å². The third kappa shape index (κ3) is 4.92. The van der Waals surface area contributed by atoms with Crippen molar-refractivity contribution in [1.29, 1.82) is 0 Å². The Morgan fingerprint density at radius 1 is 1.00 bits per heavy atom. The number of hydrogen-bond acceptors (Lipinski definition) is 8. The van der Waals surface area contributed by atoms with Gasteiger partial charge in [-0.1, -0.05) is 35.5 Å². The molecule has 3 aromatic rings. The zero-order valence-corrected chi connectivity index (χ0v) is 16.2. The average Bonchev–Trinajstić information content (AvgIpc) is 3.25. The lowest BCUT2D eigenvalue weighted by Crippen LogP contribution is -2.01. The molecule has 0 unspecified atom stereocenters. The van der Waals surface area contributed by atoms with E-state index in [2.05, 4.69) is 10.1 Å². The number of ether oxygens (including phenoxy) is 4. The average molecular weight is 396 g/mol. The first-order valence-electron chi connectivity index (χ1n) is 8.67. The number of benzene rings is 2. The van der Waals surface area contributed by atoms with Gasteiger partial charge >= 0.3 is 5.97 Å². The highest BCUT2D eigenvalue weighted by Gasteiger charge is 2.12. The molecule has 0 bridgehead atoms. The largest absolute Gasteiger partial charge is 0.496 e. The Bertz CT molecular complexity index is 998. The molecule has 0 atom stereocenters. The van der Waals surface area contributed by atoms with Gasteiger partial charge in [0.1, 0.15) is 5.75 Å². The van der Waals surface area contributed by atoms with Gasteiger partial charge in [-0.15, -0.1) is 0 Å². The first kappa shape index (κ1) is 19.9. The monoisotopic (exact) mass is 396 g/mol. The third-order valence-electron chi connectivity index (χ3n) is 3.97. The van der Waals surface area contributed by atoms with Crippen LogP contribution in [-0.2, 0) is 16.1 Å². The molecule has 0 aliphatic carbocycles. The summed E-state index contributed by atoms with van der Waals surface area (Å²) in [6, 6.07) is 12.7. The molecule has 3 rings (SSSR count). The van der Waals surface area contributed by atoms with Gasteiger partial charge < -0.3 is 23.5 Å². The summed E-state index contributed by atoms with van der Waals surface area (Å²) in [6.07, 6.45) is 2.84. The molecule has 0 amide bonds. The van der Waals surface area contributed by atoms with E-state index in [1.165, 1.54) is 27.4 Å². The number of aromatic nitrogens is 2. The van der Waals surface area contributed by atoms with Gasteiger partial charge in [0.2, 0.25) is 5.82 Å². The maximum Gasteiger partial charge on any atom is 0.331 e. The number of carbonyl (C=O) groups is 1. The zero-order chi connectivity index (χ0) is 20.6. The number of hydrogen-bond donors (Lipinski definition) is 0. The van der Waals surface area contributed by atoms with Crippen molar-refractivity contribution in [3.05, 3.63) is 60.0 Å². The highest BCUT2D eigenvalue weighted by atomic mass is 16.6. The summed E-state index contributed by atoms with van der Waals surface area (Å²) in [5, 5.41) is 3.88. The van der Waals surface area contributed by atoms with E-state index in [9.17, 15) is 4.79 Å². The Morgan fingerprint density at radius 3 is 2.38 bits per heavy atom. The van der Waals surface area contributed by atoms with Gasteiger partial charge in [-0.3, -0.25) is 0 Å². The smallest absolute Gasteiger partial charge is 0.331 e. The Balaban J connectivity index is 1.64. The van der Waals surface area contributed by atoms with E-state index in [-0.39, 0.29) is 12.5 Å². The molecule has 2 aromatic carbocycles. The van der Waals surface area contributed by atoms with Crippen molar-refractivity contribution < 1.29 is 28.3 Å². The van der Waals surface area contributed by atoms with Gasteiger partial charge in [0.25, 0.3) is 5.89 Å². The second-order valence-electron chi connectivity index (χ2n) is 5.77. The molecule has 0 saturated heterocycles. The predicted molar refractivity (Wildman–Crippen MR) is 105 cm³/mol. The van der Waals surface area contributed by atoms with Crippen LogP contribution in [0.25, 0.3) is 17.5 Å². The summed E-state index contributed by atoms with van der Waals surface area (Å²) in [6.45, 7) is -0.133. The number of methoxy groups -OCH3 is 3. The molecule has 8 nitrogen and oxygen atoms in total. The van der Waals surface area contributed by atoms with Crippen LogP contribution in [0.4, 0.5) is 0 Å².